The highest BCUT2D eigenvalue weighted by Crippen LogP contribution is 2.38. The van der Waals surface area contributed by atoms with E-state index in [-0.39, 0.29) is 11.5 Å². The Morgan fingerprint density at radius 1 is 1.14 bits per heavy atom. The molecule has 28 heavy (non-hydrogen) atoms. The zero-order valence-electron chi connectivity index (χ0n) is 15.2. The minimum Gasteiger partial charge on any atom is -0.478 e. The molecule has 1 aliphatic heterocycles. The molecule has 0 saturated carbocycles. The number of benzene rings is 1. The first kappa shape index (κ1) is 17.9. The minimum absolute atomic E-state index is 0.0216. The highest BCUT2D eigenvalue weighted by Gasteiger charge is 2.26. The molecule has 2 N–H and O–H groups in total. The fraction of sp³-hybridized carbons (Fsp3) is 0.158. The highest BCUT2D eigenvalue weighted by molar-refractivity contribution is 7.10. The zero-order valence-corrected chi connectivity index (χ0v) is 16.0. The maximum atomic E-state index is 12.6. The summed E-state index contributed by atoms with van der Waals surface area (Å²) in [6, 6.07) is 8.30. The Morgan fingerprint density at radius 2 is 1.89 bits per heavy atom. The van der Waals surface area contributed by atoms with Crippen molar-refractivity contribution < 1.29 is 14.7 Å². The highest BCUT2D eigenvalue weighted by atomic mass is 32.1. The van der Waals surface area contributed by atoms with Crippen LogP contribution >= 0.6 is 11.3 Å². The van der Waals surface area contributed by atoms with Crippen LogP contribution in [0.3, 0.4) is 0 Å². The van der Waals surface area contributed by atoms with Crippen LogP contribution in [0.25, 0.3) is 0 Å². The number of nitrogens with one attached hydrogen (secondary N) is 1. The molecule has 8 nitrogen and oxygen atoms in total. The monoisotopic (exact) mass is 395 g/mol. The van der Waals surface area contributed by atoms with E-state index in [1.165, 1.54) is 12.1 Å². The third-order valence-corrected chi connectivity index (χ3v) is 5.50. The molecule has 1 aliphatic rings. The van der Waals surface area contributed by atoms with Gasteiger partial charge < -0.3 is 20.2 Å². The van der Waals surface area contributed by atoms with Crippen molar-refractivity contribution >= 4 is 52.0 Å². The van der Waals surface area contributed by atoms with E-state index < -0.39 is 5.97 Å². The first-order chi connectivity index (χ1) is 13.4. The molecule has 1 amide bonds. The number of thiophene rings is 1. The Bertz CT molecular complexity index is 1060. The fourth-order valence-corrected chi connectivity index (χ4v) is 3.90. The summed E-state index contributed by atoms with van der Waals surface area (Å²) in [6.07, 6.45) is 1.95. The summed E-state index contributed by atoms with van der Waals surface area (Å²) in [6.45, 7) is 0. The van der Waals surface area contributed by atoms with Crippen LogP contribution in [-0.2, 0) is 11.2 Å². The van der Waals surface area contributed by atoms with Crippen LogP contribution in [0.2, 0.25) is 0 Å². The molecule has 3 aromatic rings. The summed E-state index contributed by atoms with van der Waals surface area (Å²) in [7, 11) is 3.63. The molecule has 9 heteroatoms. The SMILES string of the molecule is CN1C(=O)Cc2sccc2N(C)c2nc(Nc3ccc(C(=O)O)cc3)ncc21. The fourth-order valence-electron chi connectivity index (χ4n) is 3.00. The number of fused-ring (bicyclic) bond motifs is 2. The van der Waals surface area contributed by atoms with E-state index in [2.05, 4.69) is 15.3 Å². The summed E-state index contributed by atoms with van der Waals surface area (Å²) < 4.78 is 0. The number of hydrogen-bond donors (Lipinski definition) is 2. The topological polar surface area (TPSA) is 98.7 Å². The van der Waals surface area contributed by atoms with E-state index in [4.69, 9.17) is 5.11 Å². The van der Waals surface area contributed by atoms with Gasteiger partial charge in [-0.2, -0.15) is 4.98 Å². The molecular weight excluding hydrogens is 378 g/mol. The van der Waals surface area contributed by atoms with Crippen molar-refractivity contribution in [2.45, 2.75) is 6.42 Å². The number of carbonyl (C=O) groups excluding carboxylic acids is 1. The number of amides is 1. The van der Waals surface area contributed by atoms with Gasteiger partial charge in [0.1, 0.15) is 5.69 Å². The molecule has 2 aromatic heterocycles. The Morgan fingerprint density at radius 3 is 2.61 bits per heavy atom. The molecule has 0 atom stereocenters. The molecule has 0 spiro atoms. The van der Waals surface area contributed by atoms with Crippen LogP contribution in [0, 0.1) is 0 Å². The van der Waals surface area contributed by atoms with Crippen molar-refractivity contribution in [2.24, 2.45) is 0 Å². The second-order valence-electron chi connectivity index (χ2n) is 6.33. The Labute approximate surface area is 165 Å². The maximum Gasteiger partial charge on any atom is 0.335 e. The summed E-state index contributed by atoms with van der Waals surface area (Å²) in [5.41, 5.74) is 2.44. The number of nitrogens with zero attached hydrogens (tertiary/aromatic N) is 4. The summed E-state index contributed by atoms with van der Waals surface area (Å²) in [5, 5.41) is 14.0. The average molecular weight is 395 g/mol. The zero-order chi connectivity index (χ0) is 19.8. The molecule has 0 radical (unpaired) electrons. The standard InChI is InChI=1S/C19H17N5O3S/c1-23-14-10-20-19(21-12-5-3-11(4-6-12)18(26)27)22-17(14)24(2)13-7-8-28-15(13)9-16(23)25/h3-8,10H,9H2,1-2H3,(H,26,27)(H,20,21,22). The number of likely N-dealkylation sites (N-methyl/N-ethyl adjacent to an activating group) is 1. The molecule has 0 unspecified atom stereocenters. The van der Waals surface area contributed by atoms with Crippen LogP contribution in [0.5, 0.6) is 0 Å². The molecule has 1 aromatic carbocycles. The number of rotatable bonds is 3. The van der Waals surface area contributed by atoms with Gasteiger partial charge in [0, 0.05) is 24.7 Å². The van der Waals surface area contributed by atoms with E-state index in [0.29, 0.717) is 29.6 Å². The van der Waals surface area contributed by atoms with Crippen LogP contribution in [0.4, 0.5) is 28.8 Å². The summed E-state index contributed by atoms with van der Waals surface area (Å²) in [4.78, 5) is 37.0. The van der Waals surface area contributed by atoms with Crippen molar-refractivity contribution in [3.63, 3.8) is 0 Å². The second-order valence-corrected chi connectivity index (χ2v) is 7.33. The van der Waals surface area contributed by atoms with Gasteiger partial charge in [-0.25, -0.2) is 9.78 Å². The van der Waals surface area contributed by atoms with E-state index in [0.717, 1.165) is 10.6 Å². The summed E-state index contributed by atoms with van der Waals surface area (Å²) in [5.74, 6) is -0.0434. The van der Waals surface area contributed by atoms with E-state index >= 15 is 0 Å². The molecule has 142 valence electrons. The minimum atomic E-state index is -0.982. The predicted molar refractivity (Wildman–Crippen MR) is 108 cm³/mol. The van der Waals surface area contributed by atoms with E-state index in [1.54, 1.807) is 41.6 Å². The van der Waals surface area contributed by atoms with Gasteiger partial charge in [0.25, 0.3) is 0 Å². The van der Waals surface area contributed by atoms with Crippen molar-refractivity contribution in [2.75, 3.05) is 29.2 Å². The molecule has 0 fully saturated rings. The van der Waals surface area contributed by atoms with Crippen molar-refractivity contribution in [1.29, 1.82) is 0 Å². The number of aromatic nitrogens is 2. The van der Waals surface area contributed by atoms with Crippen LogP contribution < -0.4 is 15.1 Å². The molecular formula is C19H17N5O3S. The number of carboxylic acids is 1. The van der Waals surface area contributed by atoms with Gasteiger partial charge >= 0.3 is 5.97 Å². The van der Waals surface area contributed by atoms with Gasteiger partial charge in [0.15, 0.2) is 5.82 Å². The number of aromatic carboxylic acids is 1. The van der Waals surface area contributed by atoms with Crippen LogP contribution in [0.15, 0.2) is 41.9 Å². The molecule has 0 bridgehead atoms. The molecule has 0 saturated heterocycles. The van der Waals surface area contributed by atoms with Gasteiger partial charge in [-0.05, 0) is 35.7 Å². The van der Waals surface area contributed by atoms with Crippen LogP contribution in [-0.4, -0.2) is 41.0 Å². The van der Waals surface area contributed by atoms with Gasteiger partial charge in [-0.1, -0.05) is 0 Å². The molecule has 0 aliphatic carbocycles. The van der Waals surface area contributed by atoms with Crippen molar-refractivity contribution in [1.82, 2.24) is 9.97 Å². The lowest BCUT2D eigenvalue weighted by Gasteiger charge is -2.28. The lowest BCUT2D eigenvalue weighted by molar-refractivity contribution is -0.117. The number of carbonyl (C=O) groups is 2. The van der Waals surface area contributed by atoms with Gasteiger partial charge in [0.2, 0.25) is 11.9 Å². The Hall–Kier alpha value is -3.46. The molecule has 4 rings (SSSR count). The smallest absolute Gasteiger partial charge is 0.335 e. The third-order valence-electron chi connectivity index (χ3n) is 4.59. The summed E-state index contributed by atoms with van der Waals surface area (Å²) >= 11 is 1.55. The molecule has 3 heterocycles. The maximum absolute atomic E-state index is 12.6. The Balaban J connectivity index is 1.71. The second kappa shape index (κ2) is 6.93. The third kappa shape index (κ3) is 3.16. The van der Waals surface area contributed by atoms with Crippen molar-refractivity contribution in [3.05, 3.63) is 52.3 Å². The lowest BCUT2D eigenvalue weighted by Crippen LogP contribution is -2.32. The first-order valence-electron chi connectivity index (χ1n) is 8.48. The van der Waals surface area contributed by atoms with Crippen LogP contribution in [0.1, 0.15) is 15.2 Å². The number of anilines is 5. The van der Waals surface area contributed by atoms with Gasteiger partial charge in [-0.15, -0.1) is 11.3 Å². The lowest BCUT2D eigenvalue weighted by atomic mass is 10.2. The van der Waals surface area contributed by atoms with E-state index in [9.17, 15) is 9.59 Å². The first-order valence-corrected chi connectivity index (χ1v) is 9.36. The largest absolute Gasteiger partial charge is 0.478 e. The Kier molecular flexibility index (Phi) is 4.44. The normalized spacial score (nSPS) is 13.4. The average Bonchev–Trinajstić information content (AvgIpc) is 3.14. The predicted octanol–water partition coefficient (Wildman–Crippen LogP) is 3.27. The quantitative estimate of drug-likeness (QED) is 0.702. The van der Waals surface area contributed by atoms with Gasteiger partial charge in [0.05, 0.1) is 23.9 Å². The number of carboxylic acid groups (broad SMARTS) is 1. The number of hydrogen-bond acceptors (Lipinski definition) is 7. The van der Waals surface area contributed by atoms with Crippen molar-refractivity contribution in [3.8, 4) is 0 Å². The van der Waals surface area contributed by atoms with Gasteiger partial charge in [-0.3, -0.25) is 4.79 Å². The van der Waals surface area contributed by atoms with E-state index in [1.807, 2.05) is 23.4 Å².